The SMILES string of the molecule is CCOc1ccc(S(=O)(=O)Nc2cccc(C(=O)NCCc3ccc(OC)c(OC)c3)c2)cc1. The van der Waals surface area contributed by atoms with E-state index in [1.54, 1.807) is 44.6 Å². The lowest BCUT2D eigenvalue weighted by atomic mass is 10.1. The van der Waals surface area contributed by atoms with E-state index in [0.29, 0.717) is 48.1 Å². The highest BCUT2D eigenvalue weighted by Crippen LogP contribution is 2.27. The van der Waals surface area contributed by atoms with Crippen molar-refractivity contribution >= 4 is 21.6 Å². The zero-order valence-corrected chi connectivity index (χ0v) is 20.1. The summed E-state index contributed by atoms with van der Waals surface area (Å²) < 4.78 is 43.8. The van der Waals surface area contributed by atoms with E-state index in [2.05, 4.69) is 10.0 Å². The van der Waals surface area contributed by atoms with Gasteiger partial charge in [-0.2, -0.15) is 0 Å². The van der Waals surface area contributed by atoms with Gasteiger partial charge in [-0.15, -0.1) is 0 Å². The molecule has 0 aromatic heterocycles. The number of anilines is 1. The van der Waals surface area contributed by atoms with Gasteiger partial charge in [0.25, 0.3) is 15.9 Å². The summed E-state index contributed by atoms with van der Waals surface area (Å²) >= 11 is 0. The molecule has 0 radical (unpaired) electrons. The molecule has 0 fully saturated rings. The molecule has 0 bridgehead atoms. The standard InChI is InChI=1S/C25H28N2O6S/c1-4-33-21-9-11-22(12-10-21)34(29,30)27-20-7-5-6-19(17-20)25(28)26-15-14-18-8-13-23(31-2)24(16-18)32-3/h5-13,16-17,27H,4,14-15H2,1-3H3,(H,26,28). The molecule has 3 aromatic rings. The second kappa shape index (κ2) is 11.4. The maximum absolute atomic E-state index is 12.7. The van der Waals surface area contributed by atoms with Gasteiger partial charge in [0, 0.05) is 17.8 Å². The van der Waals surface area contributed by atoms with E-state index in [9.17, 15) is 13.2 Å². The minimum Gasteiger partial charge on any atom is -0.494 e. The third-order valence-corrected chi connectivity index (χ3v) is 6.37. The van der Waals surface area contributed by atoms with Crippen LogP contribution in [0.5, 0.6) is 17.2 Å². The normalized spacial score (nSPS) is 10.9. The van der Waals surface area contributed by atoms with Gasteiger partial charge in [0.2, 0.25) is 0 Å². The molecule has 0 spiro atoms. The second-order valence-electron chi connectivity index (χ2n) is 7.29. The Morgan fingerprint density at radius 2 is 1.65 bits per heavy atom. The Balaban J connectivity index is 1.61. The van der Waals surface area contributed by atoms with Gasteiger partial charge < -0.3 is 19.5 Å². The summed E-state index contributed by atoms with van der Waals surface area (Å²) in [5, 5.41) is 2.85. The van der Waals surface area contributed by atoms with Crippen LogP contribution in [0.3, 0.4) is 0 Å². The van der Waals surface area contributed by atoms with Gasteiger partial charge in [-0.05, 0) is 73.5 Å². The van der Waals surface area contributed by atoms with Crippen LogP contribution in [0, 0.1) is 0 Å². The second-order valence-corrected chi connectivity index (χ2v) is 8.97. The molecule has 0 aliphatic rings. The number of amides is 1. The van der Waals surface area contributed by atoms with Gasteiger partial charge in [-0.3, -0.25) is 9.52 Å². The molecular formula is C25H28N2O6S. The fraction of sp³-hybridized carbons (Fsp3) is 0.240. The Morgan fingerprint density at radius 1 is 0.912 bits per heavy atom. The topological polar surface area (TPSA) is 103 Å². The third-order valence-electron chi connectivity index (χ3n) is 4.97. The van der Waals surface area contributed by atoms with Crippen LogP contribution < -0.4 is 24.2 Å². The van der Waals surface area contributed by atoms with Crippen LogP contribution in [0.15, 0.2) is 71.6 Å². The number of benzene rings is 3. The highest BCUT2D eigenvalue weighted by Gasteiger charge is 2.15. The molecule has 0 unspecified atom stereocenters. The Hall–Kier alpha value is -3.72. The maximum Gasteiger partial charge on any atom is 0.261 e. The molecule has 9 heteroatoms. The largest absolute Gasteiger partial charge is 0.494 e. The molecule has 34 heavy (non-hydrogen) atoms. The van der Waals surface area contributed by atoms with E-state index >= 15 is 0 Å². The first-order chi connectivity index (χ1) is 16.4. The van der Waals surface area contributed by atoms with Gasteiger partial charge >= 0.3 is 0 Å². The summed E-state index contributed by atoms with van der Waals surface area (Å²) in [6, 6.07) is 18.1. The Labute approximate surface area is 199 Å². The number of hydrogen-bond donors (Lipinski definition) is 2. The molecule has 1 amide bonds. The van der Waals surface area contributed by atoms with E-state index in [1.807, 2.05) is 25.1 Å². The van der Waals surface area contributed by atoms with Crippen LogP contribution >= 0.6 is 0 Å². The zero-order valence-electron chi connectivity index (χ0n) is 19.3. The lowest BCUT2D eigenvalue weighted by Gasteiger charge is -2.11. The molecule has 0 heterocycles. The minimum atomic E-state index is -3.81. The van der Waals surface area contributed by atoms with Crippen LogP contribution in [0.2, 0.25) is 0 Å². The lowest BCUT2D eigenvalue weighted by molar-refractivity contribution is 0.0954. The van der Waals surface area contributed by atoms with Gasteiger partial charge in [0.15, 0.2) is 11.5 Å². The van der Waals surface area contributed by atoms with Crippen molar-refractivity contribution in [2.75, 3.05) is 32.1 Å². The number of ether oxygens (including phenoxy) is 3. The predicted molar refractivity (Wildman–Crippen MR) is 130 cm³/mol. The summed E-state index contributed by atoms with van der Waals surface area (Å²) in [5.41, 5.74) is 1.62. The van der Waals surface area contributed by atoms with E-state index in [0.717, 1.165) is 5.56 Å². The number of methoxy groups -OCH3 is 2. The number of nitrogens with one attached hydrogen (secondary N) is 2. The van der Waals surface area contributed by atoms with Crippen LogP contribution in [0.4, 0.5) is 5.69 Å². The Bertz CT molecular complexity index is 1230. The van der Waals surface area contributed by atoms with E-state index in [4.69, 9.17) is 14.2 Å². The maximum atomic E-state index is 12.7. The van der Waals surface area contributed by atoms with Crippen molar-refractivity contribution in [3.05, 3.63) is 77.9 Å². The number of sulfonamides is 1. The highest BCUT2D eigenvalue weighted by atomic mass is 32.2. The van der Waals surface area contributed by atoms with Crippen molar-refractivity contribution in [2.24, 2.45) is 0 Å². The van der Waals surface area contributed by atoms with Gasteiger partial charge in [-0.25, -0.2) is 8.42 Å². The van der Waals surface area contributed by atoms with Crippen molar-refractivity contribution < 1.29 is 27.4 Å². The molecule has 0 atom stereocenters. The average molecular weight is 485 g/mol. The number of rotatable bonds is 11. The number of hydrogen-bond acceptors (Lipinski definition) is 6. The van der Waals surface area contributed by atoms with Crippen LogP contribution in [-0.4, -0.2) is 41.7 Å². The molecule has 0 aliphatic heterocycles. The van der Waals surface area contributed by atoms with Gasteiger partial charge in [-0.1, -0.05) is 12.1 Å². The summed E-state index contributed by atoms with van der Waals surface area (Å²) in [6.45, 7) is 2.75. The molecule has 0 aliphatic carbocycles. The molecule has 2 N–H and O–H groups in total. The minimum absolute atomic E-state index is 0.0979. The van der Waals surface area contributed by atoms with Crippen LogP contribution in [0.1, 0.15) is 22.8 Å². The Morgan fingerprint density at radius 3 is 2.32 bits per heavy atom. The van der Waals surface area contributed by atoms with E-state index in [-0.39, 0.29) is 10.8 Å². The molecule has 0 saturated heterocycles. The Kier molecular flexibility index (Phi) is 8.37. The van der Waals surface area contributed by atoms with Gasteiger partial charge in [0.1, 0.15) is 5.75 Å². The van der Waals surface area contributed by atoms with Gasteiger partial charge in [0.05, 0.1) is 25.7 Å². The van der Waals surface area contributed by atoms with E-state index < -0.39 is 10.0 Å². The van der Waals surface area contributed by atoms with Crippen molar-refractivity contribution in [3.63, 3.8) is 0 Å². The van der Waals surface area contributed by atoms with Crippen LogP contribution in [-0.2, 0) is 16.4 Å². The number of carbonyl (C=O) groups is 1. The highest BCUT2D eigenvalue weighted by molar-refractivity contribution is 7.92. The lowest BCUT2D eigenvalue weighted by Crippen LogP contribution is -2.25. The molecule has 3 aromatic carbocycles. The first-order valence-corrected chi connectivity index (χ1v) is 12.2. The fourth-order valence-electron chi connectivity index (χ4n) is 3.28. The predicted octanol–water partition coefficient (Wildman–Crippen LogP) is 3.88. The first kappa shape index (κ1) is 24.9. The third kappa shape index (κ3) is 6.41. The average Bonchev–Trinajstić information content (AvgIpc) is 2.84. The smallest absolute Gasteiger partial charge is 0.261 e. The monoisotopic (exact) mass is 484 g/mol. The summed E-state index contributed by atoms with van der Waals surface area (Å²) in [6.07, 6.45) is 0.593. The molecule has 0 saturated carbocycles. The van der Waals surface area contributed by atoms with Crippen molar-refractivity contribution in [2.45, 2.75) is 18.2 Å². The van der Waals surface area contributed by atoms with Crippen molar-refractivity contribution in [3.8, 4) is 17.2 Å². The van der Waals surface area contributed by atoms with Crippen molar-refractivity contribution in [1.29, 1.82) is 0 Å². The van der Waals surface area contributed by atoms with E-state index in [1.165, 1.54) is 18.2 Å². The molecule has 8 nitrogen and oxygen atoms in total. The van der Waals surface area contributed by atoms with Crippen molar-refractivity contribution in [1.82, 2.24) is 5.32 Å². The zero-order chi connectivity index (χ0) is 24.6. The molecular weight excluding hydrogens is 456 g/mol. The first-order valence-electron chi connectivity index (χ1n) is 10.7. The summed E-state index contributed by atoms with van der Waals surface area (Å²) in [7, 11) is -0.669. The fourth-order valence-corrected chi connectivity index (χ4v) is 4.33. The number of carbonyl (C=O) groups excluding carboxylic acids is 1. The summed E-state index contributed by atoms with van der Waals surface area (Å²) in [4.78, 5) is 12.7. The molecule has 3 rings (SSSR count). The molecule has 180 valence electrons. The van der Waals surface area contributed by atoms with Crippen LogP contribution in [0.25, 0.3) is 0 Å². The quantitative estimate of drug-likeness (QED) is 0.428. The summed E-state index contributed by atoms with van der Waals surface area (Å²) in [5.74, 6) is 1.55.